The number of rotatable bonds is 3. The van der Waals surface area contributed by atoms with Crippen LogP contribution >= 0.6 is 23.2 Å². The lowest BCUT2D eigenvalue weighted by Gasteiger charge is -2.06. The van der Waals surface area contributed by atoms with Crippen molar-refractivity contribution in [2.24, 2.45) is 0 Å². The second-order valence-corrected chi connectivity index (χ2v) is 4.38. The molecule has 2 heterocycles. The van der Waals surface area contributed by atoms with Crippen molar-refractivity contribution in [3.63, 3.8) is 0 Å². The second kappa shape index (κ2) is 5.85. The largest absolute Gasteiger partial charge is 0.477 e. The third-order valence-corrected chi connectivity index (χ3v) is 2.77. The number of nitrogens with one attached hydrogen (secondary N) is 1. The van der Waals surface area contributed by atoms with Crippen LogP contribution in [0, 0.1) is 0 Å². The Balaban J connectivity index is 2.23. The molecule has 0 fully saturated rings. The molecule has 2 rings (SSSR count). The van der Waals surface area contributed by atoms with E-state index in [2.05, 4.69) is 15.3 Å². The van der Waals surface area contributed by atoms with Gasteiger partial charge in [0.2, 0.25) is 0 Å². The Morgan fingerprint density at radius 2 is 1.85 bits per heavy atom. The van der Waals surface area contributed by atoms with E-state index in [-0.39, 0.29) is 27.4 Å². The van der Waals surface area contributed by atoms with E-state index in [9.17, 15) is 9.59 Å². The van der Waals surface area contributed by atoms with Crippen molar-refractivity contribution in [3.8, 4) is 0 Å². The van der Waals surface area contributed by atoms with Crippen molar-refractivity contribution in [1.82, 2.24) is 9.97 Å². The van der Waals surface area contributed by atoms with Gasteiger partial charge in [0.15, 0.2) is 5.69 Å². The summed E-state index contributed by atoms with van der Waals surface area (Å²) in [4.78, 5) is 30.2. The van der Waals surface area contributed by atoms with Gasteiger partial charge in [-0.3, -0.25) is 4.79 Å². The maximum absolute atomic E-state index is 12.0. The monoisotopic (exact) mass is 311 g/mol. The van der Waals surface area contributed by atoms with Gasteiger partial charge in [0, 0.05) is 0 Å². The molecule has 1 amide bonds. The van der Waals surface area contributed by atoms with Crippen LogP contribution in [0.15, 0.2) is 30.3 Å². The fourth-order valence-electron chi connectivity index (χ4n) is 1.39. The molecule has 0 unspecified atom stereocenters. The van der Waals surface area contributed by atoms with Gasteiger partial charge in [0.05, 0.1) is 5.56 Å². The number of hydrogen-bond acceptors (Lipinski definition) is 4. The molecule has 0 aromatic carbocycles. The molecule has 0 saturated carbocycles. The quantitative estimate of drug-likeness (QED) is 0.850. The third kappa shape index (κ3) is 3.23. The summed E-state index contributed by atoms with van der Waals surface area (Å²) in [7, 11) is 0. The first-order valence-electron chi connectivity index (χ1n) is 5.31. The van der Waals surface area contributed by atoms with E-state index < -0.39 is 11.9 Å². The van der Waals surface area contributed by atoms with Gasteiger partial charge in [-0.05, 0) is 24.3 Å². The predicted octanol–water partition coefficient (Wildman–Crippen LogP) is 2.73. The van der Waals surface area contributed by atoms with E-state index in [1.807, 2.05) is 0 Å². The summed E-state index contributed by atoms with van der Waals surface area (Å²) in [5.41, 5.74) is -0.0678. The van der Waals surface area contributed by atoms with Crippen molar-refractivity contribution in [2.45, 2.75) is 0 Å². The zero-order valence-electron chi connectivity index (χ0n) is 9.80. The van der Waals surface area contributed by atoms with Crippen LogP contribution in [0.1, 0.15) is 20.8 Å². The molecule has 0 bridgehead atoms. The fourth-order valence-corrected chi connectivity index (χ4v) is 1.82. The highest BCUT2D eigenvalue weighted by molar-refractivity contribution is 6.35. The number of carbonyl (C=O) groups excluding carboxylic acids is 1. The van der Waals surface area contributed by atoms with E-state index in [0.717, 1.165) is 0 Å². The van der Waals surface area contributed by atoms with Crippen LogP contribution in [0.25, 0.3) is 0 Å². The SMILES string of the molecule is O=C(O)c1cccc(NC(=O)c2ccc(Cl)nc2Cl)n1. The van der Waals surface area contributed by atoms with Crippen LogP contribution < -0.4 is 5.32 Å². The van der Waals surface area contributed by atoms with Gasteiger partial charge in [0.1, 0.15) is 16.1 Å². The summed E-state index contributed by atoms with van der Waals surface area (Å²) < 4.78 is 0. The van der Waals surface area contributed by atoms with Crippen LogP contribution in [-0.2, 0) is 0 Å². The first kappa shape index (κ1) is 14.2. The zero-order chi connectivity index (χ0) is 14.7. The standard InChI is InChI=1S/C12H7Cl2N3O3/c13-8-5-4-6(10(14)16-8)11(18)17-9-3-1-2-7(15-9)12(19)20/h1-5H,(H,19,20)(H,15,17,18). The van der Waals surface area contributed by atoms with E-state index in [0.29, 0.717) is 0 Å². The van der Waals surface area contributed by atoms with Crippen molar-refractivity contribution >= 4 is 40.9 Å². The number of aromatic nitrogens is 2. The summed E-state index contributed by atoms with van der Waals surface area (Å²) in [6, 6.07) is 7.07. The zero-order valence-corrected chi connectivity index (χ0v) is 11.3. The average molecular weight is 312 g/mol. The lowest BCUT2D eigenvalue weighted by molar-refractivity contribution is 0.0690. The number of carbonyl (C=O) groups is 2. The number of aromatic carboxylic acids is 1. The topological polar surface area (TPSA) is 92.2 Å². The Hall–Kier alpha value is -2.18. The summed E-state index contributed by atoms with van der Waals surface area (Å²) in [5.74, 6) is -1.65. The van der Waals surface area contributed by atoms with E-state index in [1.54, 1.807) is 0 Å². The fraction of sp³-hybridized carbons (Fsp3) is 0. The average Bonchev–Trinajstić information content (AvgIpc) is 2.38. The molecule has 8 heteroatoms. The van der Waals surface area contributed by atoms with Gasteiger partial charge in [-0.1, -0.05) is 29.3 Å². The highest BCUT2D eigenvalue weighted by Crippen LogP contribution is 2.18. The molecule has 0 spiro atoms. The number of halogens is 2. The van der Waals surface area contributed by atoms with Crippen molar-refractivity contribution < 1.29 is 14.7 Å². The molecule has 102 valence electrons. The Morgan fingerprint density at radius 3 is 2.50 bits per heavy atom. The maximum Gasteiger partial charge on any atom is 0.354 e. The number of carboxylic acid groups (broad SMARTS) is 1. The first-order chi connectivity index (χ1) is 9.47. The molecule has 0 aliphatic rings. The smallest absolute Gasteiger partial charge is 0.354 e. The maximum atomic E-state index is 12.0. The molecule has 0 atom stereocenters. The minimum atomic E-state index is -1.19. The highest BCUT2D eigenvalue weighted by Gasteiger charge is 2.13. The molecule has 0 radical (unpaired) electrons. The lowest BCUT2D eigenvalue weighted by atomic mass is 10.2. The summed E-state index contributed by atoms with van der Waals surface area (Å²) >= 11 is 11.4. The van der Waals surface area contributed by atoms with Gasteiger partial charge >= 0.3 is 5.97 Å². The van der Waals surface area contributed by atoms with Crippen molar-refractivity contribution in [3.05, 3.63) is 51.9 Å². The van der Waals surface area contributed by atoms with Gasteiger partial charge < -0.3 is 10.4 Å². The number of pyridine rings is 2. The molecule has 6 nitrogen and oxygen atoms in total. The summed E-state index contributed by atoms with van der Waals surface area (Å²) in [6.07, 6.45) is 0. The third-order valence-electron chi connectivity index (χ3n) is 2.27. The summed E-state index contributed by atoms with van der Waals surface area (Å²) in [6.45, 7) is 0. The Kier molecular flexibility index (Phi) is 4.16. The van der Waals surface area contributed by atoms with E-state index >= 15 is 0 Å². The van der Waals surface area contributed by atoms with Gasteiger partial charge in [0.25, 0.3) is 5.91 Å². The lowest BCUT2D eigenvalue weighted by Crippen LogP contribution is -2.15. The van der Waals surface area contributed by atoms with Crippen LogP contribution in [0.3, 0.4) is 0 Å². The Morgan fingerprint density at radius 1 is 1.10 bits per heavy atom. The molecule has 0 aliphatic carbocycles. The van der Waals surface area contributed by atoms with E-state index in [4.69, 9.17) is 28.3 Å². The molecular formula is C12H7Cl2N3O3. The Labute approximate surface area is 123 Å². The minimum Gasteiger partial charge on any atom is -0.477 e. The number of nitrogens with zero attached hydrogens (tertiary/aromatic N) is 2. The number of amides is 1. The van der Waals surface area contributed by atoms with Crippen LogP contribution in [-0.4, -0.2) is 27.0 Å². The molecule has 20 heavy (non-hydrogen) atoms. The number of anilines is 1. The molecule has 0 aliphatic heterocycles. The predicted molar refractivity (Wildman–Crippen MR) is 73.4 cm³/mol. The van der Waals surface area contributed by atoms with Gasteiger partial charge in [-0.2, -0.15) is 0 Å². The van der Waals surface area contributed by atoms with Crippen LogP contribution in [0.5, 0.6) is 0 Å². The molecular weight excluding hydrogens is 305 g/mol. The number of hydrogen-bond donors (Lipinski definition) is 2. The normalized spacial score (nSPS) is 10.1. The molecule has 0 saturated heterocycles. The minimum absolute atomic E-state index is 0.0515. The second-order valence-electron chi connectivity index (χ2n) is 3.64. The molecule has 2 N–H and O–H groups in total. The molecule has 2 aromatic rings. The van der Waals surface area contributed by atoms with Crippen LogP contribution in [0.2, 0.25) is 10.3 Å². The highest BCUT2D eigenvalue weighted by atomic mass is 35.5. The van der Waals surface area contributed by atoms with Crippen LogP contribution in [0.4, 0.5) is 5.82 Å². The first-order valence-corrected chi connectivity index (χ1v) is 6.06. The van der Waals surface area contributed by atoms with E-state index in [1.165, 1.54) is 30.3 Å². The summed E-state index contributed by atoms with van der Waals surface area (Å²) in [5, 5.41) is 11.4. The molecule has 2 aromatic heterocycles. The number of carboxylic acids is 1. The Bertz CT molecular complexity index is 691. The van der Waals surface area contributed by atoms with Gasteiger partial charge in [-0.15, -0.1) is 0 Å². The van der Waals surface area contributed by atoms with Crippen molar-refractivity contribution in [1.29, 1.82) is 0 Å². The van der Waals surface area contributed by atoms with Crippen molar-refractivity contribution in [2.75, 3.05) is 5.32 Å². The van der Waals surface area contributed by atoms with Gasteiger partial charge in [-0.25, -0.2) is 14.8 Å².